The van der Waals surface area contributed by atoms with Crippen LogP contribution in [0.3, 0.4) is 0 Å². The SMILES string of the molecule is CCCC1CCN(CCC(O)CN)CC1. The molecule has 1 aliphatic heterocycles. The second-order valence-electron chi connectivity index (χ2n) is 4.75. The van der Waals surface area contributed by atoms with E-state index in [9.17, 15) is 5.11 Å². The minimum absolute atomic E-state index is 0.307. The number of nitrogens with two attached hydrogens (primary N) is 1. The van der Waals surface area contributed by atoms with E-state index in [1.165, 1.54) is 38.8 Å². The van der Waals surface area contributed by atoms with Crippen LogP contribution in [0.15, 0.2) is 0 Å². The van der Waals surface area contributed by atoms with Crippen LogP contribution in [0.5, 0.6) is 0 Å². The minimum atomic E-state index is -0.307. The first kappa shape index (κ1) is 12.9. The summed E-state index contributed by atoms with van der Waals surface area (Å²) >= 11 is 0. The molecule has 3 nitrogen and oxygen atoms in total. The van der Waals surface area contributed by atoms with E-state index < -0.39 is 0 Å². The zero-order valence-electron chi connectivity index (χ0n) is 9.99. The van der Waals surface area contributed by atoms with Crippen LogP contribution >= 0.6 is 0 Å². The lowest BCUT2D eigenvalue weighted by Crippen LogP contribution is -2.36. The largest absolute Gasteiger partial charge is 0.392 e. The van der Waals surface area contributed by atoms with Gasteiger partial charge in [-0.15, -0.1) is 0 Å². The first-order valence-electron chi connectivity index (χ1n) is 6.36. The third kappa shape index (κ3) is 4.96. The van der Waals surface area contributed by atoms with Gasteiger partial charge in [0.15, 0.2) is 0 Å². The van der Waals surface area contributed by atoms with Crippen molar-refractivity contribution in [2.75, 3.05) is 26.2 Å². The summed E-state index contributed by atoms with van der Waals surface area (Å²) in [5.74, 6) is 0.950. The third-order valence-corrected chi connectivity index (χ3v) is 3.45. The molecule has 0 radical (unpaired) electrons. The predicted molar refractivity (Wildman–Crippen MR) is 63.8 cm³/mol. The normalized spacial score (nSPS) is 21.8. The van der Waals surface area contributed by atoms with Crippen LogP contribution in [0.2, 0.25) is 0 Å². The molecule has 1 atom stereocenters. The van der Waals surface area contributed by atoms with Crippen molar-refractivity contribution in [1.82, 2.24) is 4.90 Å². The van der Waals surface area contributed by atoms with Gasteiger partial charge in [0.25, 0.3) is 0 Å². The molecule has 1 rings (SSSR count). The highest BCUT2D eigenvalue weighted by atomic mass is 16.3. The molecule has 1 heterocycles. The number of hydrogen-bond acceptors (Lipinski definition) is 3. The molecular formula is C12H26N2O. The summed E-state index contributed by atoms with van der Waals surface area (Å²) in [4.78, 5) is 2.46. The number of aliphatic hydroxyl groups excluding tert-OH is 1. The number of likely N-dealkylation sites (tertiary alicyclic amines) is 1. The van der Waals surface area contributed by atoms with E-state index in [1.54, 1.807) is 0 Å². The minimum Gasteiger partial charge on any atom is -0.392 e. The quantitative estimate of drug-likeness (QED) is 0.698. The van der Waals surface area contributed by atoms with Crippen molar-refractivity contribution < 1.29 is 5.11 Å². The molecular weight excluding hydrogens is 188 g/mol. The Morgan fingerprint density at radius 2 is 2.07 bits per heavy atom. The molecule has 1 aliphatic rings. The number of nitrogens with zero attached hydrogens (tertiary/aromatic N) is 1. The summed E-state index contributed by atoms with van der Waals surface area (Å²) in [7, 11) is 0. The molecule has 1 fully saturated rings. The van der Waals surface area contributed by atoms with Gasteiger partial charge in [0, 0.05) is 13.1 Å². The maximum atomic E-state index is 9.37. The third-order valence-electron chi connectivity index (χ3n) is 3.45. The highest BCUT2D eigenvalue weighted by Gasteiger charge is 2.18. The molecule has 1 saturated heterocycles. The standard InChI is InChI=1S/C12H26N2O/c1-2-3-11-4-7-14(8-5-11)9-6-12(15)10-13/h11-12,15H,2-10,13H2,1H3. The lowest BCUT2D eigenvalue weighted by molar-refractivity contribution is 0.125. The first-order chi connectivity index (χ1) is 7.26. The summed E-state index contributed by atoms with van der Waals surface area (Å²) in [6, 6.07) is 0. The van der Waals surface area contributed by atoms with E-state index in [2.05, 4.69) is 11.8 Å². The van der Waals surface area contributed by atoms with Crippen LogP contribution in [0.25, 0.3) is 0 Å². The molecule has 0 amide bonds. The Kier molecular flexibility index (Phi) is 6.22. The molecule has 0 bridgehead atoms. The van der Waals surface area contributed by atoms with Gasteiger partial charge in [0.05, 0.1) is 6.10 Å². The Hall–Kier alpha value is -0.120. The average molecular weight is 214 g/mol. The maximum absolute atomic E-state index is 9.37. The van der Waals surface area contributed by atoms with Gasteiger partial charge < -0.3 is 15.7 Å². The molecule has 3 N–H and O–H groups in total. The van der Waals surface area contributed by atoms with Crippen molar-refractivity contribution in [1.29, 1.82) is 0 Å². The summed E-state index contributed by atoms with van der Waals surface area (Å²) < 4.78 is 0. The second-order valence-corrected chi connectivity index (χ2v) is 4.75. The highest BCUT2D eigenvalue weighted by molar-refractivity contribution is 4.73. The average Bonchev–Trinajstić information content (AvgIpc) is 2.28. The van der Waals surface area contributed by atoms with Gasteiger partial charge in [-0.2, -0.15) is 0 Å². The van der Waals surface area contributed by atoms with Crippen LogP contribution in [-0.4, -0.2) is 42.3 Å². The summed E-state index contributed by atoms with van der Waals surface area (Å²) in [6.45, 7) is 6.09. The van der Waals surface area contributed by atoms with E-state index >= 15 is 0 Å². The fourth-order valence-corrected chi connectivity index (χ4v) is 2.36. The number of hydrogen-bond donors (Lipinski definition) is 2. The number of rotatable bonds is 6. The van der Waals surface area contributed by atoms with Gasteiger partial charge in [0.1, 0.15) is 0 Å². The molecule has 1 unspecified atom stereocenters. The Morgan fingerprint density at radius 3 is 2.60 bits per heavy atom. The van der Waals surface area contributed by atoms with Gasteiger partial charge in [-0.05, 0) is 38.3 Å². The van der Waals surface area contributed by atoms with Crippen molar-refractivity contribution in [2.45, 2.75) is 45.1 Å². The van der Waals surface area contributed by atoms with Gasteiger partial charge in [-0.3, -0.25) is 0 Å². The van der Waals surface area contributed by atoms with Crippen molar-refractivity contribution in [2.24, 2.45) is 11.7 Å². The Balaban J connectivity index is 2.09. The van der Waals surface area contributed by atoms with Crippen LogP contribution in [0, 0.1) is 5.92 Å². The van der Waals surface area contributed by atoms with E-state index in [0.29, 0.717) is 6.54 Å². The Morgan fingerprint density at radius 1 is 1.40 bits per heavy atom. The first-order valence-corrected chi connectivity index (χ1v) is 6.36. The smallest absolute Gasteiger partial charge is 0.0674 e. The van der Waals surface area contributed by atoms with Gasteiger partial charge in [0.2, 0.25) is 0 Å². The molecule has 0 spiro atoms. The van der Waals surface area contributed by atoms with Gasteiger partial charge in [-0.25, -0.2) is 0 Å². The van der Waals surface area contributed by atoms with Gasteiger partial charge in [-0.1, -0.05) is 19.8 Å². The van der Waals surface area contributed by atoms with E-state index in [4.69, 9.17) is 5.73 Å². The highest BCUT2D eigenvalue weighted by Crippen LogP contribution is 2.21. The molecule has 0 saturated carbocycles. The second kappa shape index (κ2) is 7.20. The summed E-state index contributed by atoms with van der Waals surface area (Å²) in [5.41, 5.74) is 5.38. The number of aliphatic hydroxyl groups is 1. The van der Waals surface area contributed by atoms with Crippen LogP contribution in [-0.2, 0) is 0 Å². The Bertz CT molecular complexity index is 156. The molecule has 15 heavy (non-hydrogen) atoms. The van der Waals surface area contributed by atoms with E-state index in [1.807, 2.05) is 0 Å². The van der Waals surface area contributed by atoms with E-state index in [0.717, 1.165) is 18.9 Å². The molecule has 0 aromatic rings. The zero-order valence-corrected chi connectivity index (χ0v) is 9.99. The lowest BCUT2D eigenvalue weighted by Gasteiger charge is -2.32. The van der Waals surface area contributed by atoms with Crippen LogP contribution in [0.4, 0.5) is 0 Å². The van der Waals surface area contributed by atoms with Crippen molar-refractivity contribution in [3.05, 3.63) is 0 Å². The van der Waals surface area contributed by atoms with Crippen molar-refractivity contribution in [3.8, 4) is 0 Å². The Labute approximate surface area is 93.6 Å². The fourth-order valence-electron chi connectivity index (χ4n) is 2.36. The fraction of sp³-hybridized carbons (Fsp3) is 1.00. The maximum Gasteiger partial charge on any atom is 0.0674 e. The molecule has 90 valence electrons. The molecule has 0 aromatic heterocycles. The van der Waals surface area contributed by atoms with E-state index in [-0.39, 0.29) is 6.10 Å². The van der Waals surface area contributed by atoms with Crippen molar-refractivity contribution >= 4 is 0 Å². The molecule has 0 aliphatic carbocycles. The van der Waals surface area contributed by atoms with Crippen LogP contribution in [0.1, 0.15) is 39.0 Å². The number of piperidine rings is 1. The topological polar surface area (TPSA) is 49.5 Å². The molecule has 0 aromatic carbocycles. The van der Waals surface area contributed by atoms with Crippen LogP contribution < -0.4 is 5.73 Å². The van der Waals surface area contributed by atoms with Crippen molar-refractivity contribution in [3.63, 3.8) is 0 Å². The summed E-state index contributed by atoms with van der Waals surface area (Å²) in [5, 5.41) is 9.37. The zero-order chi connectivity index (χ0) is 11.1. The predicted octanol–water partition coefficient (Wildman–Crippen LogP) is 1.21. The monoisotopic (exact) mass is 214 g/mol. The molecule has 3 heteroatoms. The summed E-state index contributed by atoms with van der Waals surface area (Å²) in [6.07, 6.45) is 5.91. The van der Waals surface area contributed by atoms with Gasteiger partial charge >= 0.3 is 0 Å². The lowest BCUT2D eigenvalue weighted by atomic mass is 9.92.